The van der Waals surface area contributed by atoms with E-state index < -0.39 is 24.0 Å². The van der Waals surface area contributed by atoms with E-state index in [1.165, 1.54) is 0 Å². The molecule has 0 aliphatic carbocycles. The molecule has 1 fully saturated rings. The maximum atomic E-state index is 11.5. The third-order valence-corrected chi connectivity index (χ3v) is 2.26. The lowest BCUT2D eigenvalue weighted by Gasteiger charge is -2.30. The quantitative estimate of drug-likeness (QED) is 0.567. The average Bonchev–Trinajstić information content (AvgIpc) is 2.09. The van der Waals surface area contributed by atoms with E-state index in [0.29, 0.717) is 0 Å². The second-order valence-corrected chi connectivity index (χ2v) is 3.89. The fraction of sp³-hybridized carbons (Fsp3) is 0.667. The first-order chi connectivity index (χ1) is 6.91. The Morgan fingerprint density at radius 3 is 2.40 bits per heavy atom. The van der Waals surface area contributed by atoms with Crippen LogP contribution in [0.1, 0.15) is 20.3 Å². The normalized spacial score (nSPS) is 26.1. The molecule has 6 heteroatoms. The van der Waals surface area contributed by atoms with Crippen LogP contribution in [-0.2, 0) is 14.4 Å². The van der Waals surface area contributed by atoms with Gasteiger partial charge in [-0.05, 0) is 5.92 Å². The van der Waals surface area contributed by atoms with Crippen LogP contribution in [0.25, 0.3) is 0 Å². The molecule has 0 aromatic heterocycles. The lowest BCUT2D eigenvalue weighted by atomic mass is 9.99. The van der Waals surface area contributed by atoms with Crippen LogP contribution in [0.5, 0.6) is 0 Å². The number of carboxylic acid groups (broad SMARTS) is 1. The summed E-state index contributed by atoms with van der Waals surface area (Å²) in [4.78, 5) is 33.3. The highest BCUT2D eigenvalue weighted by Crippen LogP contribution is 2.08. The second kappa shape index (κ2) is 4.29. The van der Waals surface area contributed by atoms with Crippen LogP contribution in [0.2, 0.25) is 0 Å². The van der Waals surface area contributed by atoms with E-state index in [4.69, 9.17) is 5.11 Å². The van der Waals surface area contributed by atoms with Gasteiger partial charge in [0.2, 0.25) is 11.8 Å². The SMILES string of the molecule is CC(C)C1NC(=O)C(CC(=O)O)NC1=O. The van der Waals surface area contributed by atoms with E-state index in [2.05, 4.69) is 10.6 Å². The predicted molar refractivity (Wildman–Crippen MR) is 51.0 cm³/mol. The zero-order valence-electron chi connectivity index (χ0n) is 8.61. The summed E-state index contributed by atoms with van der Waals surface area (Å²) in [5, 5.41) is 13.4. The molecule has 2 atom stereocenters. The van der Waals surface area contributed by atoms with Gasteiger partial charge in [0.25, 0.3) is 0 Å². The summed E-state index contributed by atoms with van der Waals surface area (Å²) >= 11 is 0. The molecule has 2 amide bonds. The minimum atomic E-state index is -1.11. The highest BCUT2D eigenvalue weighted by molar-refractivity contribution is 5.98. The highest BCUT2D eigenvalue weighted by atomic mass is 16.4. The van der Waals surface area contributed by atoms with Crippen molar-refractivity contribution in [1.82, 2.24) is 10.6 Å². The van der Waals surface area contributed by atoms with Gasteiger partial charge in [0.15, 0.2) is 0 Å². The van der Waals surface area contributed by atoms with E-state index in [1.807, 2.05) is 13.8 Å². The molecule has 1 rings (SSSR count). The zero-order chi connectivity index (χ0) is 11.6. The molecule has 1 heterocycles. The van der Waals surface area contributed by atoms with Crippen molar-refractivity contribution in [3.63, 3.8) is 0 Å². The van der Waals surface area contributed by atoms with Gasteiger partial charge in [-0.2, -0.15) is 0 Å². The number of rotatable bonds is 3. The minimum Gasteiger partial charge on any atom is -0.481 e. The van der Waals surface area contributed by atoms with Crippen molar-refractivity contribution < 1.29 is 19.5 Å². The van der Waals surface area contributed by atoms with Crippen molar-refractivity contribution in [2.24, 2.45) is 5.92 Å². The first-order valence-corrected chi connectivity index (χ1v) is 4.74. The van der Waals surface area contributed by atoms with Crippen molar-refractivity contribution >= 4 is 17.8 Å². The molecule has 0 aromatic rings. The van der Waals surface area contributed by atoms with Gasteiger partial charge < -0.3 is 15.7 Å². The molecule has 1 aliphatic heterocycles. The van der Waals surface area contributed by atoms with E-state index >= 15 is 0 Å². The standard InChI is InChI=1S/C9H14N2O4/c1-4(2)7-9(15)10-5(3-6(12)13)8(14)11-7/h4-5,7H,3H2,1-2H3,(H,10,15)(H,11,14)(H,12,13). The van der Waals surface area contributed by atoms with Crippen molar-refractivity contribution in [1.29, 1.82) is 0 Å². The summed E-state index contributed by atoms with van der Waals surface area (Å²) < 4.78 is 0. The Morgan fingerprint density at radius 1 is 1.33 bits per heavy atom. The predicted octanol–water partition coefficient (Wildman–Crippen LogP) is -0.900. The molecule has 2 unspecified atom stereocenters. The van der Waals surface area contributed by atoms with Crippen molar-refractivity contribution in [3.8, 4) is 0 Å². The van der Waals surface area contributed by atoms with Gasteiger partial charge in [-0.3, -0.25) is 14.4 Å². The largest absolute Gasteiger partial charge is 0.481 e. The molecular weight excluding hydrogens is 200 g/mol. The first-order valence-electron chi connectivity index (χ1n) is 4.74. The summed E-state index contributed by atoms with van der Waals surface area (Å²) in [6.07, 6.45) is -0.387. The van der Waals surface area contributed by atoms with Gasteiger partial charge in [0, 0.05) is 0 Å². The van der Waals surface area contributed by atoms with Crippen LogP contribution in [0.15, 0.2) is 0 Å². The minimum absolute atomic E-state index is 0.0141. The van der Waals surface area contributed by atoms with Gasteiger partial charge in [0.05, 0.1) is 6.42 Å². The number of piperazine rings is 1. The number of hydrogen-bond donors (Lipinski definition) is 3. The Labute approximate surface area is 87.0 Å². The topological polar surface area (TPSA) is 95.5 Å². The number of nitrogens with one attached hydrogen (secondary N) is 2. The number of carboxylic acids is 1. The molecule has 0 aromatic carbocycles. The Kier molecular flexibility index (Phi) is 3.28. The number of hydrogen-bond acceptors (Lipinski definition) is 3. The van der Waals surface area contributed by atoms with Gasteiger partial charge in [0.1, 0.15) is 12.1 Å². The molecule has 1 saturated heterocycles. The van der Waals surface area contributed by atoms with Crippen LogP contribution in [-0.4, -0.2) is 35.0 Å². The summed E-state index contributed by atoms with van der Waals surface area (Å²) in [6.45, 7) is 3.62. The lowest BCUT2D eigenvalue weighted by Crippen LogP contribution is -2.63. The van der Waals surface area contributed by atoms with Crippen LogP contribution < -0.4 is 10.6 Å². The summed E-state index contributed by atoms with van der Waals surface area (Å²) in [7, 11) is 0. The fourth-order valence-electron chi connectivity index (χ4n) is 1.43. The molecule has 0 saturated carbocycles. The maximum Gasteiger partial charge on any atom is 0.305 e. The summed E-state index contributed by atoms with van der Waals surface area (Å²) in [5.74, 6) is -1.88. The zero-order valence-corrected chi connectivity index (χ0v) is 8.61. The van der Waals surface area contributed by atoms with Crippen LogP contribution in [0.4, 0.5) is 0 Å². The first kappa shape index (κ1) is 11.5. The maximum absolute atomic E-state index is 11.5. The van der Waals surface area contributed by atoms with Gasteiger partial charge >= 0.3 is 5.97 Å². The molecule has 0 radical (unpaired) electrons. The Bertz CT molecular complexity index is 300. The molecule has 0 bridgehead atoms. The van der Waals surface area contributed by atoms with Crippen LogP contribution in [0, 0.1) is 5.92 Å². The molecule has 15 heavy (non-hydrogen) atoms. The number of carbonyl (C=O) groups excluding carboxylic acids is 2. The Balaban J connectivity index is 2.67. The number of amides is 2. The molecular formula is C9H14N2O4. The third-order valence-electron chi connectivity index (χ3n) is 2.26. The lowest BCUT2D eigenvalue weighted by molar-refractivity contribution is -0.143. The van der Waals surface area contributed by atoms with Crippen LogP contribution in [0.3, 0.4) is 0 Å². The Hall–Kier alpha value is -1.59. The molecule has 1 aliphatic rings. The van der Waals surface area contributed by atoms with E-state index in [0.717, 1.165) is 0 Å². The highest BCUT2D eigenvalue weighted by Gasteiger charge is 2.35. The van der Waals surface area contributed by atoms with Gasteiger partial charge in [-0.1, -0.05) is 13.8 Å². The van der Waals surface area contributed by atoms with Crippen molar-refractivity contribution in [3.05, 3.63) is 0 Å². The molecule has 6 nitrogen and oxygen atoms in total. The average molecular weight is 214 g/mol. The third kappa shape index (κ3) is 2.68. The second-order valence-electron chi connectivity index (χ2n) is 3.89. The van der Waals surface area contributed by atoms with Crippen molar-refractivity contribution in [2.45, 2.75) is 32.4 Å². The molecule has 0 spiro atoms. The summed E-state index contributed by atoms with van der Waals surface area (Å²) in [6, 6.07) is -1.52. The molecule has 3 N–H and O–H groups in total. The number of carbonyl (C=O) groups is 3. The Morgan fingerprint density at radius 2 is 1.93 bits per heavy atom. The van der Waals surface area contributed by atoms with Gasteiger partial charge in [-0.25, -0.2) is 0 Å². The molecule has 84 valence electrons. The van der Waals surface area contributed by atoms with E-state index in [-0.39, 0.29) is 18.2 Å². The summed E-state index contributed by atoms with van der Waals surface area (Å²) in [5.41, 5.74) is 0. The monoisotopic (exact) mass is 214 g/mol. The number of aliphatic carboxylic acids is 1. The van der Waals surface area contributed by atoms with E-state index in [9.17, 15) is 14.4 Å². The van der Waals surface area contributed by atoms with Crippen LogP contribution >= 0.6 is 0 Å². The van der Waals surface area contributed by atoms with Crippen molar-refractivity contribution in [2.75, 3.05) is 0 Å². The van der Waals surface area contributed by atoms with Gasteiger partial charge in [-0.15, -0.1) is 0 Å². The van der Waals surface area contributed by atoms with E-state index in [1.54, 1.807) is 0 Å². The smallest absolute Gasteiger partial charge is 0.305 e. The fourth-order valence-corrected chi connectivity index (χ4v) is 1.43.